The number of nitrogens with zero attached hydrogens (tertiary/aromatic N) is 1. The predicted octanol–water partition coefficient (Wildman–Crippen LogP) is 1.61. The molecule has 1 fully saturated rings. The van der Waals surface area contributed by atoms with Gasteiger partial charge in [-0.05, 0) is 24.6 Å². The first-order valence-corrected chi connectivity index (χ1v) is 6.68. The van der Waals surface area contributed by atoms with Crippen LogP contribution < -0.4 is 20.1 Å². The van der Waals surface area contributed by atoms with E-state index in [0.717, 1.165) is 0 Å². The lowest BCUT2D eigenvalue weighted by atomic mass is 9.95. The molecule has 2 N–H and O–H groups in total. The third kappa shape index (κ3) is 2.95. The molecule has 1 heterocycles. The van der Waals surface area contributed by atoms with Crippen LogP contribution in [-0.2, 0) is 0 Å². The number of methoxy groups -OCH3 is 1. The molecule has 0 saturated carbocycles. The number of amides is 2. The van der Waals surface area contributed by atoms with Crippen LogP contribution in [-0.4, -0.2) is 30.7 Å². The Labute approximate surface area is 127 Å². The molecule has 2 rings (SSSR count). The number of ether oxygens (including phenoxy) is 2. The van der Waals surface area contributed by atoms with Gasteiger partial charge in [-0.1, -0.05) is 12.6 Å². The standard InChI is InChI=1S/C14H17N3O5/c1-4-22-10-6-5-9(7-11(10)21-3)12-13(17(19)20)8(2)15-14(18)16-12/h5-7,12-13H,2,4H2,1,3H3,(H2,15,16,18). The summed E-state index contributed by atoms with van der Waals surface area (Å²) in [7, 11) is 1.48. The van der Waals surface area contributed by atoms with Gasteiger partial charge in [0.15, 0.2) is 11.5 Å². The van der Waals surface area contributed by atoms with Gasteiger partial charge in [0.05, 0.1) is 19.4 Å². The van der Waals surface area contributed by atoms with Crippen molar-refractivity contribution in [3.8, 4) is 11.5 Å². The van der Waals surface area contributed by atoms with Crippen LogP contribution in [0.25, 0.3) is 0 Å². The number of carbonyl (C=O) groups excluding carboxylic acids is 1. The first-order valence-electron chi connectivity index (χ1n) is 6.68. The van der Waals surface area contributed by atoms with E-state index in [2.05, 4.69) is 17.2 Å². The van der Waals surface area contributed by atoms with Crippen LogP contribution in [0.15, 0.2) is 30.5 Å². The highest BCUT2D eigenvalue weighted by Crippen LogP contribution is 2.33. The second-order valence-corrected chi connectivity index (χ2v) is 4.67. The highest BCUT2D eigenvalue weighted by molar-refractivity contribution is 5.78. The summed E-state index contributed by atoms with van der Waals surface area (Å²) in [6, 6.07) is 2.41. The zero-order valence-electron chi connectivity index (χ0n) is 12.3. The van der Waals surface area contributed by atoms with Gasteiger partial charge in [-0.15, -0.1) is 0 Å². The van der Waals surface area contributed by atoms with Crippen LogP contribution in [0.2, 0.25) is 0 Å². The zero-order valence-corrected chi connectivity index (χ0v) is 12.3. The normalized spacial score (nSPS) is 20.8. The lowest BCUT2D eigenvalue weighted by molar-refractivity contribution is -0.518. The molecule has 1 aliphatic rings. The average molecular weight is 307 g/mol. The minimum Gasteiger partial charge on any atom is -0.493 e. The van der Waals surface area contributed by atoms with Crippen molar-refractivity contribution < 1.29 is 19.2 Å². The molecule has 8 heteroatoms. The van der Waals surface area contributed by atoms with Crippen LogP contribution in [0, 0.1) is 10.1 Å². The van der Waals surface area contributed by atoms with E-state index in [1.54, 1.807) is 18.2 Å². The van der Waals surface area contributed by atoms with Gasteiger partial charge in [0.1, 0.15) is 6.04 Å². The van der Waals surface area contributed by atoms with Gasteiger partial charge in [0.2, 0.25) is 0 Å². The molecule has 2 amide bonds. The van der Waals surface area contributed by atoms with E-state index in [0.29, 0.717) is 23.7 Å². The van der Waals surface area contributed by atoms with E-state index >= 15 is 0 Å². The van der Waals surface area contributed by atoms with Crippen molar-refractivity contribution in [2.75, 3.05) is 13.7 Å². The van der Waals surface area contributed by atoms with Crippen molar-refractivity contribution in [2.24, 2.45) is 0 Å². The lowest BCUT2D eigenvalue weighted by Gasteiger charge is -2.29. The number of urea groups is 1. The van der Waals surface area contributed by atoms with E-state index in [1.165, 1.54) is 7.11 Å². The van der Waals surface area contributed by atoms with Crippen molar-refractivity contribution in [3.05, 3.63) is 46.2 Å². The molecule has 1 aromatic rings. The Bertz CT molecular complexity index is 616. The Kier molecular flexibility index (Phi) is 4.50. The molecule has 0 aliphatic carbocycles. The topological polar surface area (TPSA) is 103 Å². The summed E-state index contributed by atoms with van der Waals surface area (Å²) in [5.41, 5.74) is 0.588. The monoisotopic (exact) mass is 307 g/mol. The molecule has 1 saturated heterocycles. The third-order valence-corrected chi connectivity index (χ3v) is 3.31. The number of nitro groups is 1. The van der Waals surface area contributed by atoms with E-state index in [-0.39, 0.29) is 5.70 Å². The Hall–Kier alpha value is -2.77. The molecule has 0 radical (unpaired) electrons. The molecule has 0 aromatic heterocycles. The van der Waals surface area contributed by atoms with Gasteiger partial charge < -0.3 is 20.1 Å². The molecule has 2 atom stereocenters. The number of rotatable bonds is 5. The van der Waals surface area contributed by atoms with Crippen molar-refractivity contribution in [1.29, 1.82) is 0 Å². The molecule has 0 spiro atoms. The Morgan fingerprint density at radius 3 is 2.73 bits per heavy atom. The second kappa shape index (κ2) is 6.33. The van der Waals surface area contributed by atoms with Gasteiger partial charge in [-0.3, -0.25) is 10.1 Å². The number of hydrogen-bond donors (Lipinski definition) is 2. The molecular weight excluding hydrogens is 290 g/mol. The summed E-state index contributed by atoms with van der Waals surface area (Å²) >= 11 is 0. The Balaban J connectivity index is 2.41. The van der Waals surface area contributed by atoms with E-state index < -0.39 is 23.0 Å². The van der Waals surface area contributed by atoms with Gasteiger partial charge in [0.25, 0.3) is 6.04 Å². The Morgan fingerprint density at radius 2 is 2.14 bits per heavy atom. The van der Waals surface area contributed by atoms with Gasteiger partial charge in [-0.25, -0.2) is 4.79 Å². The third-order valence-electron chi connectivity index (χ3n) is 3.31. The van der Waals surface area contributed by atoms with Crippen LogP contribution in [0.3, 0.4) is 0 Å². The van der Waals surface area contributed by atoms with Gasteiger partial charge >= 0.3 is 6.03 Å². The largest absolute Gasteiger partial charge is 0.493 e. The van der Waals surface area contributed by atoms with E-state index in [1.807, 2.05) is 6.92 Å². The SMILES string of the molecule is C=C1NC(=O)NC(c2ccc(OCC)c(OC)c2)C1[N+](=O)[O-]. The first kappa shape index (κ1) is 15.6. The highest BCUT2D eigenvalue weighted by atomic mass is 16.6. The number of nitrogens with one attached hydrogen (secondary N) is 2. The average Bonchev–Trinajstić information content (AvgIpc) is 2.46. The lowest BCUT2D eigenvalue weighted by Crippen LogP contribution is -2.53. The summed E-state index contributed by atoms with van der Waals surface area (Å²) in [6.07, 6.45) is 0. The van der Waals surface area contributed by atoms with Crippen LogP contribution in [0.5, 0.6) is 11.5 Å². The van der Waals surface area contributed by atoms with Crippen molar-refractivity contribution in [3.63, 3.8) is 0 Å². The summed E-state index contributed by atoms with van der Waals surface area (Å²) in [6.45, 7) is 5.87. The minimum atomic E-state index is -1.17. The summed E-state index contributed by atoms with van der Waals surface area (Å²) in [5.74, 6) is 0.977. The van der Waals surface area contributed by atoms with Crippen molar-refractivity contribution >= 4 is 6.03 Å². The predicted molar refractivity (Wildman–Crippen MR) is 78.5 cm³/mol. The molecule has 1 aliphatic heterocycles. The number of hydrogen-bond acceptors (Lipinski definition) is 5. The fourth-order valence-corrected chi connectivity index (χ4v) is 2.34. The van der Waals surface area contributed by atoms with Gasteiger partial charge in [0, 0.05) is 4.92 Å². The molecular formula is C14H17N3O5. The molecule has 2 unspecified atom stereocenters. The molecule has 0 bridgehead atoms. The second-order valence-electron chi connectivity index (χ2n) is 4.67. The van der Waals surface area contributed by atoms with Crippen molar-refractivity contribution in [1.82, 2.24) is 10.6 Å². The zero-order chi connectivity index (χ0) is 16.3. The summed E-state index contributed by atoms with van der Waals surface area (Å²) in [5, 5.41) is 16.2. The molecule has 1 aromatic carbocycles. The Morgan fingerprint density at radius 1 is 1.41 bits per heavy atom. The van der Waals surface area contributed by atoms with Crippen LogP contribution in [0.4, 0.5) is 4.79 Å². The smallest absolute Gasteiger partial charge is 0.319 e. The highest BCUT2D eigenvalue weighted by Gasteiger charge is 2.41. The maximum atomic E-state index is 11.6. The quantitative estimate of drug-likeness (QED) is 0.635. The van der Waals surface area contributed by atoms with E-state index in [9.17, 15) is 14.9 Å². The van der Waals surface area contributed by atoms with Crippen LogP contribution in [0.1, 0.15) is 18.5 Å². The minimum absolute atomic E-state index is 0.0478. The maximum Gasteiger partial charge on any atom is 0.319 e. The van der Waals surface area contributed by atoms with Gasteiger partial charge in [-0.2, -0.15) is 0 Å². The first-order chi connectivity index (χ1) is 10.5. The van der Waals surface area contributed by atoms with Crippen LogP contribution >= 0.6 is 0 Å². The maximum absolute atomic E-state index is 11.6. The number of carbonyl (C=O) groups is 1. The fourth-order valence-electron chi connectivity index (χ4n) is 2.34. The van der Waals surface area contributed by atoms with Crippen molar-refractivity contribution in [2.45, 2.75) is 19.0 Å². The summed E-state index contributed by atoms with van der Waals surface area (Å²) < 4.78 is 10.6. The molecule has 118 valence electrons. The van der Waals surface area contributed by atoms with E-state index in [4.69, 9.17) is 9.47 Å². The molecule has 22 heavy (non-hydrogen) atoms. The number of benzene rings is 1. The fraction of sp³-hybridized carbons (Fsp3) is 0.357. The summed E-state index contributed by atoms with van der Waals surface area (Å²) in [4.78, 5) is 22.4. The molecule has 8 nitrogen and oxygen atoms in total.